The van der Waals surface area contributed by atoms with Gasteiger partial charge in [-0.05, 0) is 64.2 Å². The molecular formula is C32H43N5O6. The van der Waals surface area contributed by atoms with Crippen molar-refractivity contribution in [3.63, 3.8) is 0 Å². The van der Waals surface area contributed by atoms with E-state index in [0.29, 0.717) is 30.6 Å². The molecule has 232 valence electrons. The zero-order valence-corrected chi connectivity index (χ0v) is 26.0. The van der Waals surface area contributed by atoms with Gasteiger partial charge in [-0.3, -0.25) is 24.2 Å². The van der Waals surface area contributed by atoms with Crippen LogP contribution in [0, 0.1) is 11.3 Å². The summed E-state index contributed by atoms with van der Waals surface area (Å²) < 4.78 is 11.3. The second-order valence-electron chi connectivity index (χ2n) is 12.3. The number of hydrogen-bond donors (Lipinski definition) is 3. The number of cyclic esters (lactones) is 1. The van der Waals surface area contributed by atoms with Gasteiger partial charge in [-0.15, -0.1) is 0 Å². The molecule has 43 heavy (non-hydrogen) atoms. The fraction of sp³-hybridized carbons (Fsp3) is 0.531. The van der Waals surface area contributed by atoms with Gasteiger partial charge in [0.05, 0.1) is 23.2 Å². The Morgan fingerprint density at radius 3 is 2.56 bits per heavy atom. The van der Waals surface area contributed by atoms with Crippen LogP contribution < -0.4 is 16.1 Å². The summed E-state index contributed by atoms with van der Waals surface area (Å²) in [7, 11) is 1.60. The molecule has 2 aliphatic rings. The molecule has 3 amide bonds. The van der Waals surface area contributed by atoms with Crippen molar-refractivity contribution in [2.24, 2.45) is 11.3 Å². The maximum absolute atomic E-state index is 13.4. The Bertz CT molecular complexity index is 1420. The van der Waals surface area contributed by atoms with E-state index in [4.69, 9.17) is 14.5 Å². The summed E-state index contributed by atoms with van der Waals surface area (Å²) in [4.78, 5) is 58.1. The van der Waals surface area contributed by atoms with E-state index in [1.54, 1.807) is 40.9 Å². The number of carbonyl (C=O) groups is 4. The lowest BCUT2D eigenvalue weighted by Crippen LogP contribution is -2.61. The van der Waals surface area contributed by atoms with E-state index in [1.807, 2.05) is 44.2 Å². The van der Waals surface area contributed by atoms with Crippen molar-refractivity contribution in [2.45, 2.75) is 85.2 Å². The minimum absolute atomic E-state index is 0.231. The molecule has 1 aromatic carbocycles. The van der Waals surface area contributed by atoms with Crippen LogP contribution in [0.5, 0.6) is 0 Å². The van der Waals surface area contributed by atoms with Gasteiger partial charge in [0.15, 0.2) is 0 Å². The second kappa shape index (κ2) is 13.2. The summed E-state index contributed by atoms with van der Waals surface area (Å²) in [5.74, 6) is -1.90. The van der Waals surface area contributed by atoms with Crippen LogP contribution >= 0.6 is 0 Å². The summed E-state index contributed by atoms with van der Waals surface area (Å²) in [6.45, 7) is 11.2. The third-order valence-electron chi connectivity index (χ3n) is 7.91. The average molecular weight is 594 g/mol. The van der Waals surface area contributed by atoms with Crippen LogP contribution in [0.2, 0.25) is 0 Å². The molecule has 0 saturated carbocycles. The predicted molar refractivity (Wildman–Crippen MR) is 162 cm³/mol. The van der Waals surface area contributed by atoms with Gasteiger partial charge >= 0.3 is 5.97 Å². The maximum Gasteiger partial charge on any atom is 0.325 e. The minimum Gasteiger partial charge on any atom is -0.455 e. The molecular weight excluding hydrogens is 550 g/mol. The Morgan fingerprint density at radius 1 is 1.12 bits per heavy atom. The van der Waals surface area contributed by atoms with Crippen LogP contribution in [0.4, 0.5) is 0 Å². The van der Waals surface area contributed by atoms with E-state index in [9.17, 15) is 19.2 Å². The Labute approximate surface area is 252 Å². The molecule has 4 rings (SSSR count). The number of methoxy groups -OCH3 is 1. The van der Waals surface area contributed by atoms with E-state index in [0.717, 1.165) is 16.5 Å². The average Bonchev–Trinajstić information content (AvgIpc) is 2.97. The Morgan fingerprint density at radius 2 is 1.86 bits per heavy atom. The molecule has 0 spiro atoms. The van der Waals surface area contributed by atoms with Crippen molar-refractivity contribution in [1.29, 1.82) is 0 Å². The zero-order valence-electron chi connectivity index (χ0n) is 26.0. The summed E-state index contributed by atoms with van der Waals surface area (Å²) >= 11 is 0. The first-order chi connectivity index (χ1) is 20.3. The molecule has 1 saturated heterocycles. The van der Waals surface area contributed by atoms with Gasteiger partial charge in [0.25, 0.3) is 5.91 Å². The van der Waals surface area contributed by atoms with Crippen LogP contribution in [0.3, 0.4) is 0 Å². The van der Waals surface area contributed by atoms with E-state index >= 15 is 0 Å². The molecule has 5 bridgehead atoms. The number of nitrogens with zero attached hydrogens (tertiary/aromatic N) is 2. The van der Waals surface area contributed by atoms with Crippen LogP contribution in [0.15, 0.2) is 30.3 Å². The lowest BCUT2D eigenvalue weighted by atomic mass is 9.89. The molecule has 0 radical (unpaired) electrons. The smallest absolute Gasteiger partial charge is 0.325 e. The highest BCUT2D eigenvalue weighted by Gasteiger charge is 2.35. The quantitative estimate of drug-likeness (QED) is 0.462. The summed E-state index contributed by atoms with van der Waals surface area (Å²) in [6, 6.07) is 5.28. The molecule has 0 unspecified atom stereocenters. The highest BCUT2D eigenvalue weighted by molar-refractivity contribution is 5.94. The van der Waals surface area contributed by atoms with E-state index in [1.165, 1.54) is 5.01 Å². The predicted octanol–water partition coefficient (Wildman–Crippen LogP) is 3.18. The second-order valence-corrected chi connectivity index (χ2v) is 12.3. The molecule has 11 nitrogen and oxygen atoms in total. The number of ether oxygens (including phenoxy) is 2. The number of pyridine rings is 1. The third-order valence-corrected chi connectivity index (χ3v) is 7.91. The SMILES string of the molecule is COCc1cc2ccc3cc2nc1[C@@H](C)OC(=O)[C@@H]1CCCN(N1)C(=O)[C@H](C)NC(=O)[C@H](C(C)C)NC(=O)C(C)(C)C=C3. The van der Waals surface area contributed by atoms with Crippen LogP contribution in [-0.4, -0.2) is 65.5 Å². The van der Waals surface area contributed by atoms with Crippen molar-refractivity contribution in [1.82, 2.24) is 26.1 Å². The number of hydrazine groups is 1. The van der Waals surface area contributed by atoms with E-state index < -0.39 is 47.4 Å². The fourth-order valence-electron chi connectivity index (χ4n) is 5.24. The van der Waals surface area contributed by atoms with Gasteiger partial charge in [0.1, 0.15) is 24.2 Å². The molecule has 2 aliphatic heterocycles. The van der Waals surface area contributed by atoms with E-state index in [2.05, 4.69) is 16.1 Å². The lowest BCUT2D eigenvalue weighted by Gasteiger charge is -2.35. The molecule has 1 fully saturated rings. The lowest BCUT2D eigenvalue weighted by molar-refractivity contribution is -0.157. The van der Waals surface area contributed by atoms with Crippen molar-refractivity contribution < 1.29 is 28.7 Å². The molecule has 2 aromatic rings. The molecule has 11 heteroatoms. The van der Waals surface area contributed by atoms with Gasteiger partial charge < -0.3 is 20.1 Å². The number of benzene rings is 1. The fourth-order valence-corrected chi connectivity index (χ4v) is 5.24. The monoisotopic (exact) mass is 593 g/mol. The first kappa shape index (κ1) is 32.1. The van der Waals surface area contributed by atoms with Crippen LogP contribution in [0.25, 0.3) is 17.0 Å². The Kier molecular flexibility index (Phi) is 9.86. The molecule has 3 N–H and O–H groups in total. The molecule has 3 heterocycles. The van der Waals surface area contributed by atoms with Gasteiger partial charge in [-0.1, -0.05) is 38.1 Å². The maximum atomic E-state index is 13.4. The number of amides is 3. The number of nitrogens with one attached hydrogen (secondary N) is 3. The van der Waals surface area contributed by atoms with Crippen molar-refractivity contribution in [2.75, 3.05) is 13.7 Å². The number of fused-ring (bicyclic) bond motifs is 4. The Balaban J connectivity index is 1.76. The number of carbonyl (C=O) groups excluding carboxylic acids is 4. The van der Waals surface area contributed by atoms with Crippen molar-refractivity contribution in [3.8, 4) is 0 Å². The normalized spacial score (nSPS) is 25.4. The molecule has 1 aromatic heterocycles. The van der Waals surface area contributed by atoms with Crippen LogP contribution in [-0.2, 0) is 35.3 Å². The largest absolute Gasteiger partial charge is 0.455 e. The molecule has 0 aliphatic carbocycles. The van der Waals surface area contributed by atoms with Gasteiger partial charge in [-0.25, -0.2) is 10.4 Å². The zero-order chi connectivity index (χ0) is 31.5. The van der Waals surface area contributed by atoms with Crippen molar-refractivity contribution >= 4 is 40.7 Å². The number of rotatable bonds is 3. The Hall–Kier alpha value is -3.83. The standard InChI is InChI=1S/C32H43N5O6/c1-18(2)26-28(38)33-19(3)29(39)37-14-8-9-24(36-37)30(40)43-20(4)27-23(17-42-7)16-22-11-10-21(15-25(22)34-27)12-13-32(5,6)31(41)35-26/h10-13,15-16,18-20,24,26,36H,8-9,14,17H2,1-7H3,(H,33,38)(H,35,41)/t19-,20+,24-,26-/m0/s1. The summed E-state index contributed by atoms with van der Waals surface area (Å²) in [6.07, 6.45) is 4.01. The number of hydrogen-bond acceptors (Lipinski definition) is 8. The molecule has 4 atom stereocenters. The summed E-state index contributed by atoms with van der Waals surface area (Å²) in [5.41, 5.74) is 4.95. The van der Waals surface area contributed by atoms with Gasteiger partial charge in [-0.2, -0.15) is 0 Å². The summed E-state index contributed by atoms with van der Waals surface area (Å²) in [5, 5.41) is 7.88. The van der Waals surface area contributed by atoms with Gasteiger partial charge in [0.2, 0.25) is 11.8 Å². The van der Waals surface area contributed by atoms with Crippen molar-refractivity contribution in [3.05, 3.63) is 47.2 Å². The minimum atomic E-state index is -0.946. The first-order valence-electron chi connectivity index (χ1n) is 14.8. The topological polar surface area (TPSA) is 139 Å². The first-order valence-corrected chi connectivity index (χ1v) is 14.8. The number of esters is 1. The van der Waals surface area contributed by atoms with Gasteiger partial charge in [0, 0.05) is 24.6 Å². The van der Waals surface area contributed by atoms with Crippen LogP contribution in [0.1, 0.15) is 77.3 Å². The van der Waals surface area contributed by atoms with E-state index in [-0.39, 0.29) is 18.4 Å². The highest BCUT2D eigenvalue weighted by Crippen LogP contribution is 2.28. The highest BCUT2D eigenvalue weighted by atomic mass is 16.5. The third kappa shape index (κ3) is 7.40. The number of aromatic nitrogens is 1.